The first-order valence-electron chi connectivity index (χ1n) is 6.83. The van der Waals surface area contributed by atoms with E-state index in [0.717, 1.165) is 29.3 Å². The van der Waals surface area contributed by atoms with Crippen LogP contribution in [-0.2, 0) is 9.53 Å². The molecule has 0 radical (unpaired) electrons. The lowest BCUT2D eigenvalue weighted by atomic mass is 10.2. The molecule has 2 rings (SSSR count). The van der Waals surface area contributed by atoms with Crippen molar-refractivity contribution in [1.82, 2.24) is 5.32 Å². The van der Waals surface area contributed by atoms with Crippen molar-refractivity contribution in [2.24, 2.45) is 0 Å². The maximum absolute atomic E-state index is 11.9. The number of nitrogens with one attached hydrogen (secondary N) is 1. The molecule has 5 heteroatoms. The second kappa shape index (κ2) is 7.06. The highest BCUT2D eigenvalue weighted by atomic mass is 127. The number of ether oxygens (including phenoxy) is 1. The number of hydrogen-bond acceptors (Lipinski definition) is 3. The smallest absolute Gasteiger partial charge is 0.338 e. The van der Waals surface area contributed by atoms with Crippen molar-refractivity contribution >= 4 is 34.5 Å². The summed E-state index contributed by atoms with van der Waals surface area (Å²) in [5, 5.41) is 2.93. The van der Waals surface area contributed by atoms with Crippen LogP contribution in [0.3, 0.4) is 0 Å². The van der Waals surface area contributed by atoms with Gasteiger partial charge in [0, 0.05) is 9.61 Å². The zero-order chi connectivity index (χ0) is 14.5. The molecule has 1 aromatic rings. The van der Waals surface area contributed by atoms with Gasteiger partial charge in [0.15, 0.2) is 6.10 Å². The fourth-order valence-corrected chi connectivity index (χ4v) is 2.83. The zero-order valence-electron chi connectivity index (χ0n) is 11.4. The summed E-state index contributed by atoms with van der Waals surface area (Å²) in [7, 11) is 0. The predicted molar refractivity (Wildman–Crippen MR) is 84.4 cm³/mol. The lowest BCUT2D eigenvalue weighted by molar-refractivity contribution is -0.129. The van der Waals surface area contributed by atoms with Gasteiger partial charge in [0.25, 0.3) is 5.91 Å². The normalized spacial score (nSPS) is 16.7. The largest absolute Gasteiger partial charge is 0.449 e. The van der Waals surface area contributed by atoms with Crippen LogP contribution in [0.15, 0.2) is 24.3 Å². The van der Waals surface area contributed by atoms with E-state index in [1.54, 1.807) is 25.1 Å². The van der Waals surface area contributed by atoms with Gasteiger partial charge in [0.2, 0.25) is 0 Å². The third-order valence-corrected chi connectivity index (χ3v) is 4.09. The quantitative estimate of drug-likeness (QED) is 0.639. The summed E-state index contributed by atoms with van der Waals surface area (Å²) in [5.74, 6) is -0.673. The third-order valence-electron chi connectivity index (χ3n) is 3.41. The number of amides is 1. The molecule has 0 heterocycles. The van der Waals surface area contributed by atoms with Crippen molar-refractivity contribution in [2.45, 2.75) is 44.8 Å². The fourth-order valence-electron chi connectivity index (χ4n) is 2.29. The standard InChI is InChI=1S/C15H18INO3/c1-10(14(18)17-13-7-2-3-8-13)20-15(19)11-5-4-6-12(16)9-11/h4-6,9-10,13H,2-3,7-8H2,1H3,(H,17,18). The van der Waals surface area contributed by atoms with E-state index < -0.39 is 12.1 Å². The number of esters is 1. The van der Waals surface area contributed by atoms with Crippen molar-refractivity contribution in [1.29, 1.82) is 0 Å². The Labute approximate surface area is 132 Å². The summed E-state index contributed by atoms with van der Waals surface area (Å²) >= 11 is 2.13. The maximum atomic E-state index is 11.9. The lowest BCUT2D eigenvalue weighted by Crippen LogP contribution is -2.40. The molecule has 108 valence electrons. The van der Waals surface area contributed by atoms with E-state index in [1.165, 1.54) is 0 Å². The molecule has 0 saturated heterocycles. The Morgan fingerprint density at radius 2 is 2.05 bits per heavy atom. The second-order valence-corrected chi connectivity index (χ2v) is 6.29. The molecule has 1 saturated carbocycles. The summed E-state index contributed by atoms with van der Waals surface area (Å²) in [6.07, 6.45) is 3.58. The van der Waals surface area contributed by atoms with Crippen molar-refractivity contribution in [3.63, 3.8) is 0 Å². The first-order chi connectivity index (χ1) is 9.56. The molecule has 1 unspecified atom stereocenters. The van der Waals surface area contributed by atoms with Crippen LogP contribution in [0.1, 0.15) is 43.0 Å². The SMILES string of the molecule is CC(OC(=O)c1cccc(I)c1)C(=O)NC1CCCC1. The molecule has 1 N–H and O–H groups in total. The molecule has 0 spiro atoms. The summed E-state index contributed by atoms with van der Waals surface area (Å²) in [6.45, 7) is 1.61. The van der Waals surface area contributed by atoms with Crippen LogP contribution >= 0.6 is 22.6 Å². The van der Waals surface area contributed by atoms with E-state index in [4.69, 9.17) is 4.74 Å². The van der Waals surface area contributed by atoms with Crippen LogP contribution in [-0.4, -0.2) is 24.0 Å². The average Bonchev–Trinajstić information content (AvgIpc) is 2.91. The first-order valence-corrected chi connectivity index (χ1v) is 7.91. The molecule has 1 aliphatic carbocycles. The van der Waals surface area contributed by atoms with Crippen LogP contribution in [0.25, 0.3) is 0 Å². The van der Waals surface area contributed by atoms with Gasteiger partial charge in [0.1, 0.15) is 0 Å². The van der Waals surface area contributed by atoms with Gasteiger partial charge >= 0.3 is 5.97 Å². The molecule has 1 amide bonds. The van der Waals surface area contributed by atoms with Crippen molar-refractivity contribution in [2.75, 3.05) is 0 Å². The van der Waals surface area contributed by atoms with Gasteiger partial charge < -0.3 is 10.1 Å². The van der Waals surface area contributed by atoms with E-state index in [9.17, 15) is 9.59 Å². The Kier molecular flexibility index (Phi) is 5.39. The summed E-state index contributed by atoms with van der Waals surface area (Å²) < 4.78 is 6.17. The minimum atomic E-state index is -0.763. The molecule has 1 fully saturated rings. The van der Waals surface area contributed by atoms with Gasteiger partial charge in [-0.15, -0.1) is 0 Å². The number of hydrogen-bond donors (Lipinski definition) is 1. The Hall–Kier alpha value is -1.11. The van der Waals surface area contributed by atoms with Crippen molar-refractivity contribution < 1.29 is 14.3 Å². The number of carbonyl (C=O) groups excluding carboxylic acids is 2. The fraction of sp³-hybridized carbons (Fsp3) is 0.467. The lowest BCUT2D eigenvalue weighted by Gasteiger charge is -2.17. The van der Waals surface area contributed by atoms with Crippen LogP contribution < -0.4 is 5.32 Å². The molecule has 20 heavy (non-hydrogen) atoms. The van der Waals surface area contributed by atoms with Crippen molar-refractivity contribution in [3.8, 4) is 0 Å². The zero-order valence-corrected chi connectivity index (χ0v) is 13.6. The van der Waals surface area contributed by atoms with Gasteiger partial charge in [0.05, 0.1) is 5.56 Å². The first kappa shape index (κ1) is 15.3. The molecule has 0 bridgehead atoms. The molecular weight excluding hydrogens is 369 g/mol. The highest BCUT2D eigenvalue weighted by molar-refractivity contribution is 14.1. The highest BCUT2D eigenvalue weighted by Gasteiger charge is 2.23. The number of halogens is 1. The van der Waals surface area contributed by atoms with Gasteiger partial charge in [-0.3, -0.25) is 4.79 Å². The summed E-state index contributed by atoms with van der Waals surface area (Å²) in [5.41, 5.74) is 0.470. The minimum Gasteiger partial charge on any atom is -0.449 e. The van der Waals surface area contributed by atoms with E-state index in [-0.39, 0.29) is 11.9 Å². The minimum absolute atomic E-state index is 0.212. The third kappa shape index (κ3) is 4.19. The Morgan fingerprint density at radius 3 is 2.70 bits per heavy atom. The van der Waals surface area contributed by atoms with E-state index in [1.807, 2.05) is 6.07 Å². The van der Waals surface area contributed by atoms with Crippen LogP contribution in [0.4, 0.5) is 0 Å². The summed E-state index contributed by atoms with van der Waals surface area (Å²) in [6, 6.07) is 7.35. The average molecular weight is 387 g/mol. The molecule has 0 aliphatic heterocycles. The highest BCUT2D eigenvalue weighted by Crippen LogP contribution is 2.18. The summed E-state index contributed by atoms with van der Waals surface area (Å²) in [4.78, 5) is 23.9. The van der Waals surface area contributed by atoms with Crippen molar-refractivity contribution in [3.05, 3.63) is 33.4 Å². The molecular formula is C15H18INO3. The Morgan fingerprint density at radius 1 is 1.35 bits per heavy atom. The van der Waals surface area contributed by atoms with Crippen LogP contribution in [0.2, 0.25) is 0 Å². The molecule has 1 aliphatic rings. The van der Waals surface area contributed by atoms with Gasteiger partial charge in [-0.1, -0.05) is 18.9 Å². The maximum Gasteiger partial charge on any atom is 0.338 e. The van der Waals surface area contributed by atoms with E-state index in [2.05, 4.69) is 27.9 Å². The van der Waals surface area contributed by atoms with Crippen LogP contribution in [0.5, 0.6) is 0 Å². The van der Waals surface area contributed by atoms with E-state index in [0.29, 0.717) is 5.56 Å². The Balaban J connectivity index is 1.88. The second-order valence-electron chi connectivity index (χ2n) is 5.05. The number of carbonyl (C=O) groups is 2. The molecule has 4 nitrogen and oxygen atoms in total. The van der Waals surface area contributed by atoms with Gasteiger partial charge in [-0.05, 0) is 60.6 Å². The van der Waals surface area contributed by atoms with E-state index >= 15 is 0 Å². The number of benzene rings is 1. The van der Waals surface area contributed by atoms with Gasteiger partial charge in [-0.2, -0.15) is 0 Å². The molecule has 1 atom stereocenters. The van der Waals surface area contributed by atoms with Crippen LogP contribution in [0, 0.1) is 3.57 Å². The topological polar surface area (TPSA) is 55.4 Å². The monoisotopic (exact) mass is 387 g/mol. The van der Waals surface area contributed by atoms with Gasteiger partial charge in [-0.25, -0.2) is 4.79 Å². The molecule has 1 aromatic carbocycles. The number of rotatable bonds is 4. The Bertz CT molecular complexity index is 498. The predicted octanol–water partition coefficient (Wildman–Crippen LogP) is 2.90. The molecule has 0 aromatic heterocycles.